The number of hydrogen-bond acceptors (Lipinski definition) is 5. The summed E-state index contributed by atoms with van der Waals surface area (Å²) in [4.78, 5) is 17.6. The Labute approximate surface area is 215 Å². The number of methoxy groups -OCH3 is 1. The number of nitrogens with zero attached hydrogens (tertiary/aromatic N) is 2. The van der Waals surface area contributed by atoms with Gasteiger partial charge in [-0.3, -0.25) is 4.79 Å². The number of rotatable bonds is 10. The van der Waals surface area contributed by atoms with Gasteiger partial charge in [-0.05, 0) is 73.0 Å². The minimum Gasteiger partial charge on any atom is -0.497 e. The number of ether oxygens (including phenoxy) is 2. The summed E-state index contributed by atoms with van der Waals surface area (Å²) in [5.74, 6) is 2.25. The predicted molar refractivity (Wildman–Crippen MR) is 143 cm³/mol. The van der Waals surface area contributed by atoms with Gasteiger partial charge >= 0.3 is 0 Å². The zero-order valence-corrected chi connectivity index (χ0v) is 20.9. The molecule has 0 unspecified atom stereocenters. The van der Waals surface area contributed by atoms with Crippen molar-refractivity contribution in [2.24, 2.45) is 0 Å². The van der Waals surface area contributed by atoms with E-state index in [1.54, 1.807) is 13.4 Å². The third kappa shape index (κ3) is 5.51. The van der Waals surface area contributed by atoms with Gasteiger partial charge in [-0.25, -0.2) is 4.98 Å². The van der Waals surface area contributed by atoms with Crippen LogP contribution in [0.5, 0.6) is 11.5 Å². The first-order valence-electron chi connectivity index (χ1n) is 12.3. The number of furan rings is 1. The highest BCUT2D eigenvalue weighted by atomic mass is 16.5. The van der Waals surface area contributed by atoms with Gasteiger partial charge in [-0.2, -0.15) is 0 Å². The largest absolute Gasteiger partial charge is 0.497 e. The number of carbonyl (C=O) groups excluding carboxylic acids is 1. The van der Waals surface area contributed by atoms with Crippen LogP contribution >= 0.6 is 0 Å². The summed E-state index contributed by atoms with van der Waals surface area (Å²) in [6.45, 7) is 2.95. The van der Waals surface area contributed by atoms with Crippen LogP contribution in [0.25, 0.3) is 28.0 Å². The third-order valence-electron chi connectivity index (χ3n) is 6.17. The van der Waals surface area contributed by atoms with Gasteiger partial charge in [0.1, 0.15) is 22.9 Å². The molecule has 2 aromatic carbocycles. The van der Waals surface area contributed by atoms with E-state index in [2.05, 4.69) is 28.0 Å². The Morgan fingerprint density at radius 2 is 1.78 bits per heavy atom. The van der Waals surface area contributed by atoms with Crippen LogP contribution in [-0.2, 0) is 17.8 Å². The lowest BCUT2D eigenvalue weighted by Crippen LogP contribution is -2.23. The highest BCUT2D eigenvalue weighted by Crippen LogP contribution is 2.31. The molecule has 0 atom stereocenters. The lowest BCUT2D eigenvalue weighted by Gasteiger charge is -2.10. The number of nitrogens with one attached hydrogen (secondary N) is 1. The molecule has 5 aromatic rings. The van der Waals surface area contributed by atoms with Gasteiger partial charge < -0.3 is 23.6 Å². The first-order valence-corrected chi connectivity index (χ1v) is 12.3. The minimum atomic E-state index is -0.0523. The van der Waals surface area contributed by atoms with Gasteiger partial charge in [0, 0.05) is 18.2 Å². The number of carbonyl (C=O) groups is 1. The molecule has 3 aromatic heterocycles. The van der Waals surface area contributed by atoms with E-state index in [4.69, 9.17) is 18.9 Å². The molecule has 7 heteroatoms. The van der Waals surface area contributed by atoms with E-state index in [0.717, 1.165) is 51.0 Å². The Balaban J connectivity index is 1.50. The molecule has 1 amide bonds. The molecular formula is C30H29N3O4. The number of pyridine rings is 1. The van der Waals surface area contributed by atoms with Gasteiger partial charge in [-0.15, -0.1) is 0 Å². The van der Waals surface area contributed by atoms with Crippen LogP contribution in [0.2, 0.25) is 0 Å². The molecule has 1 N–H and O–H groups in total. The van der Waals surface area contributed by atoms with E-state index >= 15 is 0 Å². The van der Waals surface area contributed by atoms with Gasteiger partial charge in [0.05, 0.1) is 37.9 Å². The maximum Gasteiger partial charge on any atom is 0.220 e. The first-order chi connectivity index (χ1) is 18.1. The zero-order valence-electron chi connectivity index (χ0n) is 20.9. The van der Waals surface area contributed by atoms with Crippen LogP contribution in [0.1, 0.15) is 24.8 Å². The molecule has 3 heterocycles. The zero-order chi connectivity index (χ0) is 25.6. The maximum absolute atomic E-state index is 12.7. The highest BCUT2D eigenvalue weighted by Gasteiger charge is 2.17. The number of benzene rings is 2. The first kappa shape index (κ1) is 24.2. The van der Waals surface area contributed by atoms with Crippen LogP contribution in [0.4, 0.5) is 0 Å². The molecular weight excluding hydrogens is 466 g/mol. The molecule has 7 nitrogen and oxygen atoms in total. The van der Waals surface area contributed by atoms with Crippen molar-refractivity contribution in [3.05, 3.63) is 96.7 Å². The predicted octanol–water partition coefficient (Wildman–Crippen LogP) is 5.92. The van der Waals surface area contributed by atoms with Gasteiger partial charge in [-0.1, -0.05) is 24.3 Å². The van der Waals surface area contributed by atoms with Crippen molar-refractivity contribution in [1.29, 1.82) is 0 Å². The lowest BCUT2D eigenvalue weighted by molar-refractivity contribution is -0.121. The minimum absolute atomic E-state index is 0.0523. The van der Waals surface area contributed by atoms with Crippen molar-refractivity contribution in [2.45, 2.75) is 26.3 Å². The Bertz CT molecular complexity index is 1500. The molecule has 188 valence electrons. The molecule has 0 saturated heterocycles. The van der Waals surface area contributed by atoms with Gasteiger partial charge in [0.25, 0.3) is 0 Å². The number of aromatic nitrogens is 2. The maximum atomic E-state index is 12.7. The topological polar surface area (TPSA) is 78.0 Å². The van der Waals surface area contributed by atoms with Crippen molar-refractivity contribution in [3.63, 3.8) is 0 Å². The van der Waals surface area contributed by atoms with Crippen molar-refractivity contribution >= 4 is 11.6 Å². The quantitative estimate of drug-likeness (QED) is 0.260. The number of imidazole rings is 1. The molecule has 0 fully saturated rings. The summed E-state index contributed by atoms with van der Waals surface area (Å²) in [7, 11) is 1.65. The van der Waals surface area contributed by atoms with Crippen LogP contribution in [0, 0.1) is 0 Å². The van der Waals surface area contributed by atoms with E-state index < -0.39 is 0 Å². The normalized spacial score (nSPS) is 11.0. The summed E-state index contributed by atoms with van der Waals surface area (Å²) in [5, 5.41) is 2.93. The monoisotopic (exact) mass is 495 g/mol. The SMILES string of the molecule is CCOc1cccc(-c2ccc3nc(-c4cccc(OC)c4)c(CCC(=O)NCc4ccco4)n3c2)c1. The molecule has 0 aliphatic heterocycles. The second-order valence-electron chi connectivity index (χ2n) is 8.60. The molecule has 0 aliphatic carbocycles. The van der Waals surface area contributed by atoms with E-state index in [1.165, 1.54) is 0 Å². The molecule has 37 heavy (non-hydrogen) atoms. The van der Waals surface area contributed by atoms with Crippen LogP contribution in [-0.4, -0.2) is 29.0 Å². The molecule has 5 rings (SSSR count). The fourth-order valence-corrected chi connectivity index (χ4v) is 4.36. The van der Waals surface area contributed by atoms with E-state index in [0.29, 0.717) is 26.0 Å². The van der Waals surface area contributed by atoms with Crippen molar-refractivity contribution in [1.82, 2.24) is 14.7 Å². The highest BCUT2D eigenvalue weighted by molar-refractivity contribution is 5.77. The van der Waals surface area contributed by atoms with Crippen molar-refractivity contribution in [3.8, 4) is 33.9 Å². The standard InChI is InChI=1S/C30H29N3O4/c1-3-36-25-10-4-7-21(17-25)23-12-14-28-32-30(22-8-5-9-24(18-22)35-2)27(33(28)20-23)13-15-29(34)31-19-26-11-6-16-37-26/h4-12,14,16-18,20H,3,13,15,19H2,1-2H3,(H,31,34). The van der Waals surface area contributed by atoms with Crippen LogP contribution in [0.3, 0.4) is 0 Å². The van der Waals surface area contributed by atoms with Gasteiger partial charge in [0.15, 0.2) is 0 Å². The average Bonchev–Trinajstić information content (AvgIpc) is 3.59. The number of aryl methyl sites for hydroxylation is 1. The Hall–Kier alpha value is -4.52. The molecule has 0 bridgehead atoms. The molecule has 0 radical (unpaired) electrons. The van der Waals surface area contributed by atoms with E-state index in [-0.39, 0.29) is 5.91 Å². The van der Waals surface area contributed by atoms with Crippen LogP contribution in [0.15, 0.2) is 89.7 Å². The molecule has 0 aliphatic rings. The summed E-state index contributed by atoms with van der Waals surface area (Å²) in [6, 6.07) is 23.6. The smallest absolute Gasteiger partial charge is 0.220 e. The second-order valence-corrected chi connectivity index (χ2v) is 8.60. The number of amides is 1. The lowest BCUT2D eigenvalue weighted by atomic mass is 10.1. The van der Waals surface area contributed by atoms with E-state index in [9.17, 15) is 4.79 Å². The third-order valence-corrected chi connectivity index (χ3v) is 6.17. The Morgan fingerprint density at radius 3 is 2.57 bits per heavy atom. The number of fused-ring (bicyclic) bond motifs is 1. The Morgan fingerprint density at radius 1 is 0.973 bits per heavy atom. The summed E-state index contributed by atoms with van der Waals surface area (Å²) in [6.07, 6.45) is 4.50. The summed E-state index contributed by atoms with van der Waals surface area (Å²) in [5.41, 5.74) is 5.62. The van der Waals surface area contributed by atoms with Crippen molar-refractivity contribution < 1.29 is 18.7 Å². The summed E-state index contributed by atoms with van der Waals surface area (Å²) < 4.78 is 18.5. The number of hydrogen-bond donors (Lipinski definition) is 1. The Kier molecular flexibility index (Phi) is 7.21. The van der Waals surface area contributed by atoms with Crippen LogP contribution < -0.4 is 14.8 Å². The van der Waals surface area contributed by atoms with Gasteiger partial charge in [0.2, 0.25) is 5.91 Å². The molecule has 0 spiro atoms. The summed E-state index contributed by atoms with van der Waals surface area (Å²) >= 11 is 0. The fourth-order valence-electron chi connectivity index (χ4n) is 4.36. The van der Waals surface area contributed by atoms with E-state index in [1.807, 2.05) is 67.6 Å². The average molecular weight is 496 g/mol. The fraction of sp³-hybridized carbons (Fsp3) is 0.200. The molecule has 0 saturated carbocycles. The second kappa shape index (κ2) is 11.0. The van der Waals surface area contributed by atoms with Crippen molar-refractivity contribution in [2.75, 3.05) is 13.7 Å².